The van der Waals surface area contributed by atoms with Crippen LogP contribution in [0, 0.1) is 0 Å². The number of nitrogens with one attached hydrogen (secondary N) is 1. The molecule has 1 N–H and O–H groups in total. The second-order valence-corrected chi connectivity index (χ2v) is 9.54. The predicted octanol–water partition coefficient (Wildman–Crippen LogP) is 2.99. The Morgan fingerprint density at radius 2 is 1.58 bits per heavy atom. The standard InChI is InChI=1S/C9H14INSi/c1-12(2,3)9-6-4-8(11-10)5-7-9/h4-7,11H,1-3H3. The fourth-order valence-electron chi connectivity index (χ4n) is 1.03. The fourth-order valence-corrected chi connectivity index (χ4v) is 2.56. The summed E-state index contributed by atoms with van der Waals surface area (Å²) >= 11 is 2.15. The van der Waals surface area contributed by atoms with E-state index in [0.29, 0.717) is 0 Å². The van der Waals surface area contributed by atoms with Gasteiger partial charge in [0.2, 0.25) is 0 Å². The van der Waals surface area contributed by atoms with Crippen molar-refractivity contribution < 1.29 is 0 Å². The van der Waals surface area contributed by atoms with Crippen LogP contribution in [0.5, 0.6) is 0 Å². The Morgan fingerprint density at radius 3 is 1.92 bits per heavy atom. The third-order valence-corrected chi connectivity index (χ3v) is 4.55. The molecule has 1 aromatic carbocycles. The summed E-state index contributed by atoms with van der Waals surface area (Å²) in [4.78, 5) is 0. The SMILES string of the molecule is C[Si](C)(C)c1ccc(NI)cc1. The van der Waals surface area contributed by atoms with Crippen molar-refractivity contribution in [3.8, 4) is 0 Å². The Balaban J connectivity index is 2.93. The summed E-state index contributed by atoms with van der Waals surface area (Å²) < 4.78 is 3.09. The molecule has 0 aromatic heterocycles. The lowest BCUT2D eigenvalue weighted by molar-refractivity contribution is 1.67. The minimum absolute atomic E-state index is 1.10. The van der Waals surface area contributed by atoms with Gasteiger partial charge in [-0.1, -0.05) is 37.0 Å². The van der Waals surface area contributed by atoms with Crippen LogP contribution < -0.4 is 8.72 Å². The average molecular weight is 291 g/mol. The fraction of sp³-hybridized carbons (Fsp3) is 0.333. The highest BCUT2D eigenvalue weighted by atomic mass is 127. The number of rotatable bonds is 2. The van der Waals surface area contributed by atoms with Gasteiger partial charge in [-0.15, -0.1) is 0 Å². The van der Waals surface area contributed by atoms with E-state index in [1.807, 2.05) is 0 Å². The predicted molar refractivity (Wildman–Crippen MR) is 67.1 cm³/mol. The van der Waals surface area contributed by atoms with Crippen molar-refractivity contribution in [3.63, 3.8) is 0 Å². The topological polar surface area (TPSA) is 12.0 Å². The van der Waals surface area contributed by atoms with Crippen molar-refractivity contribution in [2.75, 3.05) is 3.53 Å². The van der Waals surface area contributed by atoms with Crippen molar-refractivity contribution in [3.05, 3.63) is 24.3 Å². The van der Waals surface area contributed by atoms with E-state index in [0.717, 1.165) is 0 Å². The Labute approximate surface area is 89.1 Å². The van der Waals surface area contributed by atoms with Gasteiger partial charge in [0.25, 0.3) is 0 Å². The van der Waals surface area contributed by atoms with E-state index in [-0.39, 0.29) is 0 Å². The molecule has 0 spiro atoms. The second-order valence-electron chi connectivity index (χ2n) is 3.92. The summed E-state index contributed by atoms with van der Waals surface area (Å²) in [7, 11) is -1.10. The van der Waals surface area contributed by atoms with Crippen molar-refractivity contribution >= 4 is 41.8 Å². The van der Waals surface area contributed by atoms with Crippen molar-refractivity contribution in [1.82, 2.24) is 0 Å². The molecule has 0 saturated carbocycles. The maximum absolute atomic E-state index is 3.09. The van der Waals surface area contributed by atoms with Crippen LogP contribution in [0.4, 0.5) is 5.69 Å². The van der Waals surface area contributed by atoms with Crippen LogP contribution in [-0.2, 0) is 0 Å². The molecular weight excluding hydrogens is 277 g/mol. The highest BCUT2D eigenvalue weighted by molar-refractivity contribution is 14.1. The normalized spacial score (nSPS) is 11.3. The first-order valence-corrected chi connectivity index (χ1v) is 8.59. The van der Waals surface area contributed by atoms with E-state index in [1.54, 1.807) is 0 Å². The number of hydrogen-bond acceptors (Lipinski definition) is 1. The van der Waals surface area contributed by atoms with Gasteiger partial charge in [0.15, 0.2) is 0 Å². The van der Waals surface area contributed by atoms with E-state index >= 15 is 0 Å². The first kappa shape index (κ1) is 10.1. The van der Waals surface area contributed by atoms with Crippen LogP contribution in [0.1, 0.15) is 0 Å². The molecule has 0 unspecified atom stereocenters. The molecule has 0 bridgehead atoms. The number of benzene rings is 1. The quantitative estimate of drug-likeness (QED) is 0.502. The molecule has 0 aliphatic carbocycles. The zero-order valence-electron chi connectivity index (χ0n) is 7.69. The summed E-state index contributed by atoms with van der Waals surface area (Å²) in [6.45, 7) is 7.08. The smallest absolute Gasteiger partial charge is 0.0775 e. The van der Waals surface area contributed by atoms with Gasteiger partial charge in [0, 0.05) is 5.69 Å². The van der Waals surface area contributed by atoms with Crippen LogP contribution in [0.3, 0.4) is 0 Å². The summed E-state index contributed by atoms with van der Waals surface area (Å²) in [6.07, 6.45) is 0. The minimum Gasteiger partial charge on any atom is -0.328 e. The summed E-state index contributed by atoms with van der Waals surface area (Å²) in [5, 5.41) is 1.51. The van der Waals surface area contributed by atoms with Crippen molar-refractivity contribution in [1.29, 1.82) is 0 Å². The Hall–Kier alpha value is -0.0331. The first-order valence-electron chi connectivity index (χ1n) is 4.01. The molecule has 0 heterocycles. The van der Waals surface area contributed by atoms with Crippen LogP contribution >= 0.6 is 22.9 Å². The van der Waals surface area contributed by atoms with Gasteiger partial charge in [0.1, 0.15) is 0 Å². The van der Waals surface area contributed by atoms with Crippen molar-refractivity contribution in [2.24, 2.45) is 0 Å². The molecule has 0 atom stereocenters. The third kappa shape index (κ3) is 2.48. The van der Waals surface area contributed by atoms with E-state index in [4.69, 9.17) is 0 Å². The molecule has 0 aliphatic heterocycles. The maximum Gasteiger partial charge on any atom is 0.0775 e. The molecule has 66 valence electrons. The van der Waals surface area contributed by atoms with E-state index < -0.39 is 8.07 Å². The Bertz CT molecular complexity index is 250. The van der Waals surface area contributed by atoms with Crippen LogP contribution in [0.25, 0.3) is 0 Å². The molecule has 0 radical (unpaired) electrons. The molecule has 1 rings (SSSR count). The summed E-state index contributed by atoms with van der Waals surface area (Å²) in [5.41, 5.74) is 1.18. The Kier molecular flexibility index (Phi) is 3.17. The number of hydrogen-bond donors (Lipinski definition) is 1. The minimum atomic E-state index is -1.10. The van der Waals surface area contributed by atoms with Gasteiger partial charge in [-0.2, -0.15) is 0 Å². The molecule has 0 amide bonds. The van der Waals surface area contributed by atoms with Crippen LogP contribution in [0.2, 0.25) is 19.6 Å². The lowest BCUT2D eigenvalue weighted by Crippen LogP contribution is -2.37. The van der Waals surface area contributed by atoms with E-state index in [1.165, 1.54) is 10.9 Å². The molecule has 12 heavy (non-hydrogen) atoms. The molecule has 0 saturated heterocycles. The highest BCUT2D eigenvalue weighted by Gasteiger charge is 2.15. The lowest BCUT2D eigenvalue weighted by atomic mass is 10.3. The van der Waals surface area contributed by atoms with Gasteiger partial charge in [0.05, 0.1) is 30.9 Å². The first-order chi connectivity index (χ1) is 5.54. The van der Waals surface area contributed by atoms with Gasteiger partial charge in [-0.05, 0) is 12.1 Å². The summed E-state index contributed by atoms with van der Waals surface area (Å²) in [6, 6.07) is 8.74. The van der Waals surface area contributed by atoms with Crippen LogP contribution in [-0.4, -0.2) is 8.07 Å². The molecule has 1 aromatic rings. The largest absolute Gasteiger partial charge is 0.328 e. The molecule has 0 aliphatic rings. The molecule has 3 heteroatoms. The summed E-state index contributed by atoms with van der Waals surface area (Å²) in [5.74, 6) is 0. The monoisotopic (exact) mass is 291 g/mol. The molecular formula is C9H14INSi. The van der Waals surface area contributed by atoms with E-state index in [9.17, 15) is 0 Å². The zero-order valence-corrected chi connectivity index (χ0v) is 10.8. The van der Waals surface area contributed by atoms with Crippen LogP contribution in [0.15, 0.2) is 24.3 Å². The van der Waals surface area contributed by atoms with Gasteiger partial charge in [-0.3, -0.25) is 0 Å². The van der Waals surface area contributed by atoms with Gasteiger partial charge in [-0.25, -0.2) is 0 Å². The zero-order chi connectivity index (χ0) is 9.19. The lowest BCUT2D eigenvalue weighted by Gasteiger charge is -2.16. The maximum atomic E-state index is 3.09. The average Bonchev–Trinajstić information content (AvgIpc) is 2.03. The van der Waals surface area contributed by atoms with Gasteiger partial charge < -0.3 is 3.53 Å². The number of halogens is 1. The third-order valence-electron chi connectivity index (χ3n) is 1.86. The highest BCUT2D eigenvalue weighted by Crippen LogP contribution is 2.09. The Morgan fingerprint density at radius 1 is 1.08 bits per heavy atom. The second kappa shape index (κ2) is 3.78. The van der Waals surface area contributed by atoms with Crippen molar-refractivity contribution in [2.45, 2.75) is 19.6 Å². The molecule has 0 fully saturated rings. The number of anilines is 1. The van der Waals surface area contributed by atoms with Gasteiger partial charge >= 0.3 is 0 Å². The van der Waals surface area contributed by atoms with E-state index in [2.05, 4.69) is 70.3 Å². The molecule has 1 nitrogen and oxygen atoms in total.